The molecule has 7 nitrogen and oxygen atoms in total. The molecule has 3 aromatic rings. The number of amides is 1. The fourth-order valence-electron chi connectivity index (χ4n) is 5.18. The average Bonchev–Trinajstić information content (AvgIpc) is 3.45. The van der Waals surface area contributed by atoms with Crippen LogP contribution in [0.5, 0.6) is 0 Å². The van der Waals surface area contributed by atoms with E-state index in [0.717, 1.165) is 29.0 Å². The predicted octanol–water partition coefficient (Wildman–Crippen LogP) is 3.17. The molecule has 1 saturated heterocycles. The van der Waals surface area contributed by atoms with E-state index in [-0.39, 0.29) is 17.9 Å². The number of carbonyl (C=O) groups excluding carboxylic acids is 1. The second kappa shape index (κ2) is 8.06. The van der Waals surface area contributed by atoms with Crippen LogP contribution < -0.4 is 5.32 Å². The number of nitrogens with zero attached hydrogens (tertiary/aromatic N) is 4. The molecule has 2 aliphatic heterocycles. The number of morpholine rings is 1. The molecule has 0 radical (unpaired) electrons. The van der Waals surface area contributed by atoms with Crippen molar-refractivity contribution in [1.82, 2.24) is 25.0 Å². The van der Waals surface area contributed by atoms with Crippen molar-refractivity contribution in [2.45, 2.75) is 32.4 Å². The van der Waals surface area contributed by atoms with Gasteiger partial charge >= 0.3 is 0 Å². The first-order valence-electron chi connectivity index (χ1n) is 11.0. The molecule has 0 unspecified atom stereocenters. The van der Waals surface area contributed by atoms with Crippen LogP contribution in [0.4, 0.5) is 0 Å². The number of halogens is 1. The molecule has 4 heterocycles. The summed E-state index contributed by atoms with van der Waals surface area (Å²) in [5.74, 6) is 2.12. The molecule has 2 aromatic heterocycles. The van der Waals surface area contributed by atoms with Gasteiger partial charge in [-0.3, -0.25) is 14.7 Å². The Labute approximate surface area is 198 Å². The number of carbonyl (C=O) groups is 1. The minimum absolute atomic E-state index is 0.0178. The first-order chi connectivity index (χ1) is 15.6. The third-order valence-corrected chi connectivity index (χ3v) is 8.71. The molecular formula is C23H24BrN5O2S. The number of aryl methyl sites for hydroxylation is 1. The largest absolute Gasteiger partial charge is 0.378 e. The monoisotopic (exact) mass is 513 g/mol. The van der Waals surface area contributed by atoms with Gasteiger partial charge in [-0.05, 0) is 37.0 Å². The Morgan fingerprint density at radius 3 is 2.84 bits per heavy atom. The van der Waals surface area contributed by atoms with Crippen molar-refractivity contribution >= 4 is 33.2 Å². The van der Waals surface area contributed by atoms with E-state index < -0.39 is 0 Å². The highest BCUT2D eigenvalue weighted by Gasteiger charge is 2.39. The Kier molecular flexibility index (Phi) is 5.17. The van der Waals surface area contributed by atoms with Crippen LogP contribution in [0.15, 0.2) is 28.7 Å². The number of rotatable bonds is 2. The van der Waals surface area contributed by atoms with E-state index in [1.54, 1.807) is 11.3 Å². The van der Waals surface area contributed by atoms with Crippen molar-refractivity contribution in [3.63, 3.8) is 0 Å². The van der Waals surface area contributed by atoms with E-state index in [2.05, 4.69) is 54.2 Å². The van der Waals surface area contributed by atoms with Gasteiger partial charge in [0.15, 0.2) is 5.82 Å². The summed E-state index contributed by atoms with van der Waals surface area (Å²) in [5.41, 5.74) is 3.80. The van der Waals surface area contributed by atoms with Gasteiger partial charge < -0.3 is 9.64 Å². The number of hydrogen-bond acceptors (Lipinski definition) is 6. The highest BCUT2D eigenvalue weighted by atomic mass is 79.9. The molecule has 1 aliphatic carbocycles. The van der Waals surface area contributed by atoms with E-state index in [0.29, 0.717) is 32.8 Å². The normalized spacial score (nSPS) is 22.2. The van der Waals surface area contributed by atoms with Crippen LogP contribution in [-0.2, 0) is 28.9 Å². The minimum atomic E-state index is 0.0178. The molecule has 166 valence electrons. The molecule has 1 fully saturated rings. The van der Waals surface area contributed by atoms with Crippen LogP contribution in [0.25, 0.3) is 5.00 Å². The van der Waals surface area contributed by atoms with E-state index in [1.165, 1.54) is 26.6 Å². The predicted molar refractivity (Wildman–Crippen MR) is 125 cm³/mol. The van der Waals surface area contributed by atoms with E-state index in [1.807, 2.05) is 17.9 Å². The lowest BCUT2D eigenvalue weighted by molar-refractivity contribution is -0.139. The molecule has 1 aromatic carbocycles. The summed E-state index contributed by atoms with van der Waals surface area (Å²) in [5, 5.41) is 13.7. The van der Waals surface area contributed by atoms with Crippen LogP contribution >= 0.6 is 27.3 Å². The number of hydrogen-bond donors (Lipinski definition) is 1. The first kappa shape index (κ1) is 20.5. The molecular weight excluding hydrogens is 490 g/mol. The van der Waals surface area contributed by atoms with Crippen molar-refractivity contribution in [3.05, 3.63) is 62.0 Å². The van der Waals surface area contributed by atoms with Crippen molar-refractivity contribution in [2.24, 2.45) is 5.92 Å². The topological polar surface area (TPSA) is 72.3 Å². The molecule has 0 spiro atoms. The van der Waals surface area contributed by atoms with Crippen LogP contribution in [0.2, 0.25) is 0 Å². The van der Waals surface area contributed by atoms with Gasteiger partial charge in [0.1, 0.15) is 10.8 Å². The zero-order chi connectivity index (χ0) is 21.8. The maximum absolute atomic E-state index is 13.2. The second-order valence-electron chi connectivity index (χ2n) is 8.60. The Morgan fingerprint density at radius 1 is 1.22 bits per heavy atom. The zero-order valence-corrected chi connectivity index (χ0v) is 20.2. The molecule has 1 N–H and O–H groups in total. The Morgan fingerprint density at radius 2 is 2.03 bits per heavy atom. The van der Waals surface area contributed by atoms with Gasteiger partial charge in [-0.25, -0.2) is 0 Å². The van der Waals surface area contributed by atoms with Crippen LogP contribution in [-0.4, -0.2) is 51.9 Å². The van der Waals surface area contributed by atoms with Gasteiger partial charge in [0.05, 0.1) is 25.8 Å². The fraction of sp³-hybridized carbons (Fsp3) is 0.435. The number of nitrogens with one attached hydrogen (secondary N) is 1. The van der Waals surface area contributed by atoms with Crippen LogP contribution in [0, 0.1) is 12.8 Å². The van der Waals surface area contributed by atoms with Crippen LogP contribution in [0.3, 0.4) is 0 Å². The number of ether oxygens (including phenoxy) is 1. The van der Waals surface area contributed by atoms with Gasteiger partial charge in [0, 0.05) is 33.9 Å². The van der Waals surface area contributed by atoms with E-state index >= 15 is 0 Å². The first-order valence-corrected chi connectivity index (χ1v) is 12.6. The van der Waals surface area contributed by atoms with Gasteiger partial charge in [-0.15, -0.1) is 21.5 Å². The maximum Gasteiger partial charge on any atom is 0.226 e. The Hall–Kier alpha value is -2.07. The highest BCUT2D eigenvalue weighted by Crippen LogP contribution is 2.47. The highest BCUT2D eigenvalue weighted by molar-refractivity contribution is 9.10. The number of benzene rings is 1. The molecule has 2 atom stereocenters. The third kappa shape index (κ3) is 3.25. The lowest BCUT2D eigenvalue weighted by Gasteiger charge is -2.29. The number of aromatic nitrogens is 3. The summed E-state index contributed by atoms with van der Waals surface area (Å²) in [6, 6.07) is 8.40. The summed E-state index contributed by atoms with van der Waals surface area (Å²) in [6.45, 7) is 5.32. The van der Waals surface area contributed by atoms with Crippen molar-refractivity contribution < 1.29 is 9.53 Å². The SMILES string of the molecule is Cc1nnc2n1-c1sc3c(c1[C@H](c1ccccc1Br)NC2)C[C@H](C(=O)N1CCOCC1)C3. The Balaban J connectivity index is 1.43. The summed E-state index contributed by atoms with van der Waals surface area (Å²) in [7, 11) is 0. The van der Waals surface area contributed by atoms with Gasteiger partial charge in [-0.1, -0.05) is 34.1 Å². The summed E-state index contributed by atoms with van der Waals surface area (Å²) in [6.07, 6.45) is 1.60. The lowest BCUT2D eigenvalue weighted by Crippen LogP contribution is -2.44. The minimum Gasteiger partial charge on any atom is -0.378 e. The smallest absolute Gasteiger partial charge is 0.226 e. The molecule has 6 rings (SSSR count). The lowest BCUT2D eigenvalue weighted by atomic mass is 9.94. The van der Waals surface area contributed by atoms with Gasteiger partial charge in [0.25, 0.3) is 0 Å². The van der Waals surface area contributed by atoms with Crippen molar-refractivity contribution in [2.75, 3.05) is 26.3 Å². The molecule has 3 aliphatic rings. The van der Waals surface area contributed by atoms with Gasteiger partial charge in [0.2, 0.25) is 5.91 Å². The molecule has 0 bridgehead atoms. The van der Waals surface area contributed by atoms with E-state index in [4.69, 9.17) is 4.74 Å². The van der Waals surface area contributed by atoms with Crippen LogP contribution in [0.1, 0.15) is 39.3 Å². The molecule has 0 saturated carbocycles. The standard InChI is InChI=1S/C23H24BrN5O2S/c1-13-26-27-19-12-25-21(15-4-2-3-5-17(15)24)20-16-10-14(11-18(16)32-23(20)29(13)19)22(30)28-6-8-31-9-7-28/h2-5,14,21,25H,6-12H2,1H3/t14-,21-/m0/s1. The number of thiophene rings is 1. The molecule has 9 heteroatoms. The van der Waals surface area contributed by atoms with Crippen molar-refractivity contribution in [3.8, 4) is 5.00 Å². The Bertz CT molecular complexity index is 1200. The van der Waals surface area contributed by atoms with E-state index in [9.17, 15) is 4.79 Å². The van der Waals surface area contributed by atoms with Gasteiger partial charge in [-0.2, -0.15) is 0 Å². The quantitative estimate of drug-likeness (QED) is 0.569. The fourth-order valence-corrected chi connectivity index (χ4v) is 7.21. The van der Waals surface area contributed by atoms with Crippen molar-refractivity contribution in [1.29, 1.82) is 0 Å². The third-order valence-electron chi connectivity index (χ3n) is 6.73. The maximum atomic E-state index is 13.2. The average molecular weight is 514 g/mol. The summed E-state index contributed by atoms with van der Waals surface area (Å²) >= 11 is 5.57. The number of fused-ring (bicyclic) bond motifs is 5. The second-order valence-corrected chi connectivity index (χ2v) is 10.5. The molecule has 32 heavy (non-hydrogen) atoms. The zero-order valence-electron chi connectivity index (χ0n) is 17.8. The summed E-state index contributed by atoms with van der Waals surface area (Å²) < 4.78 is 8.72. The summed E-state index contributed by atoms with van der Waals surface area (Å²) in [4.78, 5) is 16.5. The molecule has 1 amide bonds.